The number of pyridine rings is 1. The van der Waals surface area contributed by atoms with E-state index in [4.69, 9.17) is 10.5 Å². The number of hydrogen-bond donors (Lipinski definition) is 1. The number of nitrogens with two attached hydrogens (primary N) is 1. The Balaban J connectivity index is 1.55. The summed E-state index contributed by atoms with van der Waals surface area (Å²) in [7, 11) is 2.05. The summed E-state index contributed by atoms with van der Waals surface area (Å²) in [6, 6.07) is 26.7. The number of anilines is 2. The van der Waals surface area contributed by atoms with E-state index < -0.39 is 5.97 Å². The topological polar surface area (TPSA) is 79.7 Å². The molecule has 0 bridgehead atoms. The first kappa shape index (κ1) is 26.8. The van der Waals surface area contributed by atoms with Crippen LogP contribution in [0.1, 0.15) is 16.7 Å². The minimum absolute atomic E-state index is 0.0557. The van der Waals surface area contributed by atoms with E-state index in [-0.39, 0.29) is 38.7 Å². The van der Waals surface area contributed by atoms with Crippen LogP contribution in [-0.4, -0.2) is 49.6 Å². The molecule has 0 unspecified atom stereocenters. The highest BCUT2D eigenvalue weighted by Crippen LogP contribution is 2.45. The summed E-state index contributed by atoms with van der Waals surface area (Å²) in [6.07, 6.45) is 5.81. The Kier molecular flexibility index (Phi) is 8.03. The second-order valence-electron chi connectivity index (χ2n) is 9.65. The van der Waals surface area contributed by atoms with Crippen LogP contribution in [0.5, 0.6) is 0 Å². The van der Waals surface area contributed by atoms with Crippen molar-refractivity contribution in [2.24, 2.45) is 12.8 Å². The van der Waals surface area contributed by atoms with Gasteiger partial charge in [-0.25, -0.2) is 4.57 Å². The van der Waals surface area contributed by atoms with E-state index in [2.05, 4.69) is 59.8 Å². The predicted octanol–water partition coefficient (Wildman–Crippen LogP) is 4.22. The predicted molar refractivity (Wildman–Crippen MR) is 159 cm³/mol. The molecule has 0 atom stereocenters. The monoisotopic (exact) mass is 533 g/mol. The van der Waals surface area contributed by atoms with Crippen LogP contribution in [0.25, 0.3) is 22.6 Å². The van der Waals surface area contributed by atoms with Crippen molar-refractivity contribution in [2.75, 3.05) is 37.7 Å². The summed E-state index contributed by atoms with van der Waals surface area (Å²) in [5.74, 6) is -0.700. The van der Waals surface area contributed by atoms with Crippen LogP contribution in [0.3, 0.4) is 0 Å². The number of nitrogens with zero attached hydrogens (tertiary/aromatic N) is 3. The average molecular weight is 534 g/mol. The van der Waals surface area contributed by atoms with Gasteiger partial charge in [-0.1, -0.05) is 61.2 Å². The molecule has 0 spiro atoms. The Morgan fingerprint density at radius 3 is 2.30 bits per heavy atom. The molecule has 1 aliphatic heterocycles. The fraction of sp³-hybridized carbons (Fsp3) is 0.182. The van der Waals surface area contributed by atoms with Crippen molar-refractivity contribution in [1.82, 2.24) is 4.90 Å². The Morgan fingerprint density at radius 2 is 1.62 bits per heavy atom. The number of fused-ring (bicyclic) bond motifs is 3. The quantitative estimate of drug-likeness (QED) is 0.198. The number of para-hydroxylation sites is 3. The van der Waals surface area contributed by atoms with E-state index in [1.54, 1.807) is 0 Å². The van der Waals surface area contributed by atoms with Crippen LogP contribution in [0.2, 0.25) is 0 Å². The number of benzene rings is 3. The van der Waals surface area contributed by atoms with Gasteiger partial charge in [0.15, 0.2) is 6.20 Å². The summed E-state index contributed by atoms with van der Waals surface area (Å²) in [6.45, 7) is 4.05. The third-order valence-electron chi connectivity index (χ3n) is 7.07. The van der Waals surface area contributed by atoms with E-state index in [1.165, 1.54) is 11.0 Å². The van der Waals surface area contributed by atoms with E-state index in [0.29, 0.717) is 0 Å². The lowest BCUT2D eigenvalue weighted by Crippen LogP contribution is -2.44. The van der Waals surface area contributed by atoms with Gasteiger partial charge in [-0.2, -0.15) is 0 Å². The number of hydrogen-bond acceptors (Lipinski definition) is 5. The van der Waals surface area contributed by atoms with Gasteiger partial charge in [0.2, 0.25) is 11.4 Å². The molecule has 2 heterocycles. The fourth-order valence-corrected chi connectivity index (χ4v) is 5.18. The zero-order chi connectivity index (χ0) is 28.1. The summed E-state index contributed by atoms with van der Waals surface area (Å²) < 4.78 is 7.23. The Labute approximate surface area is 234 Å². The van der Waals surface area contributed by atoms with E-state index in [9.17, 15) is 9.59 Å². The van der Waals surface area contributed by atoms with Crippen LogP contribution in [0.15, 0.2) is 97.7 Å². The Hall–Kier alpha value is -4.75. The number of aromatic nitrogens is 1. The first-order valence-corrected chi connectivity index (χ1v) is 13.3. The maximum absolute atomic E-state index is 13.6. The number of carbonyl (C=O) groups excluding carboxylic acids is 2. The lowest BCUT2D eigenvalue weighted by Gasteiger charge is -2.35. The molecular weight excluding hydrogens is 500 g/mol. The highest BCUT2D eigenvalue weighted by atomic mass is 16.5. The van der Waals surface area contributed by atoms with Crippen molar-refractivity contribution >= 4 is 45.8 Å². The molecule has 0 saturated heterocycles. The van der Waals surface area contributed by atoms with Crippen LogP contribution >= 0.6 is 0 Å². The van der Waals surface area contributed by atoms with Crippen molar-refractivity contribution in [3.63, 3.8) is 0 Å². The van der Waals surface area contributed by atoms with Crippen molar-refractivity contribution in [2.45, 2.75) is 0 Å². The third-order valence-corrected chi connectivity index (χ3v) is 7.07. The molecule has 0 saturated carbocycles. The first-order chi connectivity index (χ1) is 19.5. The summed E-state index contributed by atoms with van der Waals surface area (Å²) in [5, 5.41) is 1.16. The van der Waals surface area contributed by atoms with Crippen molar-refractivity contribution in [3.05, 3.63) is 114 Å². The van der Waals surface area contributed by atoms with E-state index >= 15 is 0 Å². The average Bonchev–Trinajstić information content (AvgIpc) is 2.98. The number of ether oxygens (including phenoxy) is 1. The number of amides is 1. The number of aryl methyl sites for hydroxylation is 1. The van der Waals surface area contributed by atoms with Crippen molar-refractivity contribution in [3.8, 4) is 0 Å². The molecule has 2 N–H and O–H groups in total. The third kappa shape index (κ3) is 5.37. The smallest absolute Gasteiger partial charge is 0.325 e. The van der Waals surface area contributed by atoms with Gasteiger partial charge in [0, 0.05) is 47.7 Å². The van der Waals surface area contributed by atoms with Gasteiger partial charge < -0.3 is 20.3 Å². The Morgan fingerprint density at radius 1 is 0.975 bits per heavy atom. The first-order valence-electron chi connectivity index (χ1n) is 13.3. The Bertz CT molecular complexity index is 1560. The number of carbonyl (C=O) groups is 2. The molecule has 202 valence electrons. The maximum Gasteiger partial charge on any atom is 0.325 e. The molecule has 0 fully saturated rings. The maximum atomic E-state index is 13.6. The summed E-state index contributed by atoms with van der Waals surface area (Å²) in [5.41, 5.74) is 13.0. The van der Waals surface area contributed by atoms with Gasteiger partial charge in [-0.3, -0.25) is 9.59 Å². The minimum Gasteiger partial charge on any atom is -0.460 e. The lowest BCUT2D eigenvalue weighted by molar-refractivity contribution is -0.644. The molecule has 7 heteroatoms. The van der Waals surface area contributed by atoms with E-state index in [0.717, 1.165) is 44.5 Å². The second kappa shape index (κ2) is 12.0. The zero-order valence-corrected chi connectivity index (χ0v) is 22.6. The highest BCUT2D eigenvalue weighted by molar-refractivity contribution is 6.06. The molecule has 1 aliphatic rings. The molecule has 0 aliphatic carbocycles. The molecule has 1 amide bonds. The molecule has 40 heavy (non-hydrogen) atoms. The van der Waals surface area contributed by atoms with E-state index in [1.807, 2.05) is 54.4 Å². The van der Waals surface area contributed by atoms with Crippen LogP contribution in [0, 0.1) is 0 Å². The van der Waals surface area contributed by atoms with Crippen LogP contribution in [0.4, 0.5) is 11.4 Å². The van der Waals surface area contributed by atoms with Gasteiger partial charge in [0.25, 0.3) is 0 Å². The van der Waals surface area contributed by atoms with Gasteiger partial charge in [-0.15, -0.1) is 0 Å². The molecule has 5 rings (SSSR count). The molecular formula is C33H33N4O3+. The lowest BCUT2D eigenvalue weighted by atomic mass is 9.88. The zero-order valence-electron chi connectivity index (χ0n) is 22.6. The minimum atomic E-state index is -0.491. The van der Waals surface area contributed by atoms with Crippen molar-refractivity contribution in [1.29, 1.82) is 0 Å². The highest BCUT2D eigenvalue weighted by Gasteiger charge is 2.29. The van der Waals surface area contributed by atoms with Gasteiger partial charge in [0.05, 0.1) is 5.39 Å². The normalized spacial score (nSPS) is 11.9. The summed E-state index contributed by atoms with van der Waals surface area (Å²) in [4.78, 5) is 29.3. The SMILES string of the molecule is C=CCOC(=O)CN(CCN)C(=O)CN1c2ccccc2C(=Cc2cc[n+](C)c3ccccc23)c2ccccc21. The molecule has 1 aromatic heterocycles. The molecule has 7 nitrogen and oxygen atoms in total. The standard InChI is InChI=1S/C33H33N4O3/c1-3-20-40-33(39)23-36(19-17-34)32(38)22-37-30-14-8-5-11-26(30)28(27-12-6-9-15-31(27)37)21-24-16-18-35(2)29-13-7-4-10-25(24)29/h3-16,18,21H,1,17,19-20,22-23,34H2,2H3/q+1. The van der Waals surface area contributed by atoms with Gasteiger partial charge in [0.1, 0.15) is 26.7 Å². The van der Waals surface area contributed by atoms with Crippen LogP contribution in [-0.2, 0) is 21.4 Å². The largest absolute Gasteiger partial charge is 0.460 e. The fourth-order valence-electron chi connectivity index (χ4n) is 5.18. The molecule has 0 radical (unpaired) electrons. The van der Waals surface area contributed by atoms with Crippen molar-refractivity contribution < 1.29 is 18.9 Å². The van der Waals surface area contributed by atoms with Gasteiger partial charge in [-0.05, 0) is 35.4 Å². The van der Waals surface area contributed by atoms with Gasteiger partial charge >= 0.3 is 5.97 Å². The number of esters is 1. The second-order valence-corrected chi connectivity index (χ2v) is 9.65. The van der Waals surface area contributed by atoms with Crippen LogP contribution < -0.4 is 15.2 Å². The number of rotatable bonds is 9. The summed E-state index contributed by atoms with van der Waals surface area (Å²) >= 11 is 0. The molecule has 4 aromatic rings. The molecule has 3 aromatic carbocycles.